The van der Waals surface area contributed by atoms with Crippen LogP contribution >= 0.6 is 0 Å². The predicted molar refractivity (Wildman–Crippen MR) is 40.2 cm³/mol. The Morgan fingerprint density at radius 2 is 2.09 bits per heavy atom. The molecule has 2 nitrogen and oxygen atoms in total. The maximum Gasteiger partial charge on any atom is 0.0718 e. The smallest absolute Gasteiger partial charge is 0.0718 e. The zero-order valence-corrected chi connectivity index (χ0v) is 6.33. The van der Waals surface area contributed by atoms with Crippen LogP contribution in [0.15, 0.2) is 24.3 Å². The Labute approximate surface area is 65.5 Å². The lowest BCUT2D eigenvalue weighted by Crippen LogP contribution is -2.23. The van der Waals surface area contributed by atoms with Crippen molar-refractivity contribution in [3.05, 3.63) is 35.4 Å². The van der Waals surface area contributed by atoms with E-state index in [0.717, 1.165) is 12.0 Å². The van der Waals surface area contributed by atoms with E-state index in [1.165, 1.54) is 0 Å². The summed E-state index contributed by atoms with van der Waals surface area (Å²) in [5.41, 5.74) is 1.13. The van der Waals surface area contributed by atoms with Gasteiger partial charge in [0.2, 0.25) is 0 Å². The molecule has 0 atom stereocenters. The highest BCUT2D eigenvalue weighted by Crippen LogP contribution is 2.07. The Hall–Kier alpha value is -1.31. The van der Waals surface area contributed by atoms with E-state index in [0.29, 0.717) is 5.56 Å². The molecule has 0 bridgehead atoms. The maximum atomic E-state index is 10.5. The highest BCUT2D eigenvalue weighted by atomic mass is 16.4. The fourth-order valence-electron chi connectivity index (χ4n) is 1.03. The lowest BCUT2D eigenvalue weighted by Gasteiger charge is -2.06. The SMILES string of the molecule is CCc1ccccc1C(=O)[O-]. The van der Waals surface area contributed by atoms with Crippen LogP contribution in [0.1, 0.15) is 22.8 Å². The van der Waals surface area contributed by atoms with Crippen molar-refractivity contribution >= 4 is 5.97 Å². The van der Waals surface area contributed by atoms with Gasteiger partial charge in [0.25, 0.3) is 0 Å². The number of carbonyl (C=O) groups is 1. The Balaban J connectivity index is 3.12. The van der Waals surface area contributed by atoms with Gasteiger partial charge in [-0.1, -0.05) is 31.2 Å². The standard InChI is InChI=1S/C9H10O2/c1-2-7-5-3-4-6-8(7)9(10)11/h3-6H,2H2,1H3,(H,10,11)/p-1. The summed E-state index contributed by atoms with van der Waals surface area (Å²) in [6, 6.07) is 6.88. The van der Waals surface area contributed by atoms with Crippen molar-refractivity contribution in [2.45, 2.75) is 13.3 Å². The van der Waals surface area contributed by atoms with Crippen LogP contribution in [0.2, 0.25) is 0 Å². The molecular weight excluding hydrogens is 140 g/mol. The first-order chi connectivity index (χ1) is 5.25. The average Bonchev–Trinajstić information content (AvgIpc) is 2.04. The second-order valence-electron chi connectivity index (χ2n) is 2.30. The first-order valence-corrected chi connectivity index (χ1v) is 3.55. The number of aryl methyl sites for hydroxylation is 1. The Bertz CT molecular complexity index is 266. The Morgan fingerprint density at radius 1 is 1.45 bits per heavy atom. The summed E-state index contributed by atoms with van der Waals surface area (Å²) >= 11 is 0. The first kappa shape index (κ1) is 7.79. The van der Waals surface area contributed by atoms with E-state index in [1.807, 2.05) is 13.0 Å². The summed E-state index contributed by atoms with van der Waals surface area (Å²) < 4.78 is 0. The summed E-state index contributed by atoms with van der Waals surface area (Å²) in [6.07, 6.45) is 0.726. The Morgan fingerprint density at radius 3 is 2.55 bits per heavy atom. The molecule has 0 unspecified atom stereocenters. The predicted octanol–water partition coefficient (Wildman–Crippen LogP) is 0.612. The molecule has 0 heterocycles. The van der Waals surface area contributed by atoms with Crippen LogP contribution in [0.3, 0.4) is 0 Å². The highest BCUT2D eigenvalue weighted by Gasteiger charge is 1.97. The van der Waals surface area contributed by atoms with Crippen molar-refractivity contribution < 1.29 is 9.90 Å². The molecule has 0 aliphatic heterocycles. The second kappa shape index (κ2) is 3.19. The minimum absolute atomic E-state index is 0.301. The number of carboxylic acid groups (broad SMARTS) is 1. The van der Waals surface area contributed by atoms with E-state index in [4.69, 9.17) is 0 Å². The minimum Gasteiger partial charge on any atom is -0.545 e. The average molecular weight is 149 g/mol. The van der Waals surface area contributed by atoms with E-state index in [2.05, 4.69) is 0 Å². The van der Waals surface area contributed by atoms with Crippen LogP contribution in [0.4, 0.5) is 0 Å². The van der Waals surface area contributed by atoms with Gasteiger partial charge in [-0.2, -0.15) is 0 Å². The largest absolute Gasteiger partial charge is 0.545 e. The van der Waals surface area contributed by atoms with Crippen LogP contribution in [0.5, 0.6) is 0 Å². The molecular formula is C9H9O2-. The molecule has 0 fully saturated rings. The quantitative estimate of drug-likeness (QED) is 0.618. The Kier molecular flexibility index (Phi) is 2.26. The molecule has 0 aromatic heterocycles. The van der Waals surface area contributed by atoms with Crippen LogP contribution in [-0.4, -0.2) is 5.97 Å². The summed E-state index contributed by atoms with van der Waals surface area (Å²) in [5.74, 6) is -1.09. The fraction of sp³-hybridized carbons (Fsp3) is 0.222. The number of benzene rings is 1. The number of carbonyl (C=O) groups excluding carboxylic acids is 1. The van der Waals surface area contributed by atoms with E-state index in [1.54, 1.807) is 18.2 Å². The van der Waals surface area contributed by atoms with Crippen molar-refractivity contribution in [2.24, 2.45) is 0 Å². The third kappa shape index (κ3) is 1.58. The molecule has 0 saturated heterocycles. The van der Waals surface area contributed by atoms with Gasteiger partial charge in [-0.05, 0) is 12.0 Å². The van der Waals surface area contributed by atoms with E-state index >= 15 is 0 Å². The minimum atomic E-state index is -1.09. The molecule has 58 valence electrons. The summed E-state index contributed by atoms with van der Waals surface area (Å²) in [6.45, 7) is 1.92. The van der Waals surface area contributed by atoms with Crippen molar-refractivity contribution in [2.75, 3.05) is 0 Å². The van der Waals surface area contributed by atoms with Gasteiger partial charge in [-0.15, -0.1) is 0 Å². The van der Waals surface area contributed by atoms with Gasteiger partial charge in [0.15, 0.2) is 0 Å². The normalized spacial score (nSPS) is 9.55. The van der Waals surface area contributed by atoms with Crippen molar-refractivity contribution in [1.29, 1.82) is 0 Å². The molecule has 1 rings (SSSR count). The summed E-state index contributed by atoms with van der Waals surface area (Å²) in [7, 11) is 0. The zero-order valence-electron chi connectivity index (χ0n) is 6.33. The third-order valence-electron chi connectivity index (χ3n) is 1.62. The molecule has 11 heavy (non-hydrogen) atoms. The molecule has 0 aliphatic rings. The van der Waals surface area contributed by atoms with Crippen LogP contribution < -0.4 is 5.11 Å². The van der Waals surface area contributed by atoms with Crippen LogP contribution in [0, 0.1) is 0 Å². The molecule has 0 aliphatic carbocycles. The first-order valence-electron chi connectivity index (χ1n) is 3.55. The molecule has 0 N–H and O–H groups in total. The summed E-state index contributed by atoms with van der Waals surface area (Å²) in [5, 5.41) is 10.5. The topological polar surface area (TPSA) is 40.1 Å². The molecule has 1 aromatic rings. The van der Waals surface area contributed by atoms with E-state index in [-0.39, 0.29) is 0 Å². The van der Waals surface area contributed by atoms with Gasteiger partial charge in [0.1, 0.15) is 0 Å². The zero-order chi connectivity index (χ0) is 8.27. The molecule has 2 heteroatoms. The summed E-state index contributed by atoms with van der Waals surface area (Å²) in [4.78, 5) is 10.5. The maximum absolute atomic E-state index is 10.5. The van der Waals surface area contributed by atoms with Gasteiger partial charge in [-0.25, -0.2) is 0 Å². The molecule has 1 aromatic carbocycles. The van der Waals surface area contributed by atoms with E-state index in [9.17, 15) is 9.90 Å². The van der Waals surface area contributed by atoms with Crippen molar-refractivity contribution in [1.82, 2.24) is 0 Å². The second-order valence-corrected chi connectivity index (χ2v) is 2.30. The van der Waals surface area contributed by atoms with Crippen molar-refractivity contribution in [3.63, 3.8) is 0 Å². The van der Waals surface area contributed by atoms with Crippen LogP contribution in [0.25, 0.3) is 0 Å². The molecule has 0 spiro atoms. The molecule has 0 saturated carbocycles. The lowest BCUT2D eigenvalue weighted by atomic mass is 10.1. The van der Waals surface area contributed by atoms with Gasteiger partial charge in [0.05, 0.1) is 5.97 Å². The highest BCUT2D eigenvalue weighted by molar-refractivity contribution is 5.87. The van der Waals surface area contributed by atoms with Gasteiger partial charge < -0.3 is 9.90 Å². The number of hydrogen-bond donors (Lipinski definition) is 0. The molecule has 0 radical (unpaired) electrons. The third-order valence-corrected chi connectivity index (χ3v) is 1.62. The monoisotopic (exact) mass is 149 g/mol. The number of carboxylic acids is 1. The van der Waals surface area contributed by atoms with Gasteiger partial charge in [0, 0.05) is 5.56 Å². The molecule has 0 amide bonds. The number of aromatic carboxylic acids is 1. The fourth-order valence-corrected chi connectivity index (χ4v) is 1.03. The number of hydrogen-bond acceptors (Lipinski definition) is 2. The van der Waals surface area contributed by atoms with Crippen molar-refractivity contribution in [3.8, 4) is 0 Å². The van der Waals surface area contributed by atoms with Gasteiger partial charge >= 0.3 is 0 Å². The van der Waals surface area contributed by atoms with Gasteiger partial charge in [-0.3, -0.25) is 0 Å². The van der Waals surface area contributed by atoms with E-state index < -0.39 is 5.97 Å². The number of rotatable bonds is 2. The van der Waals surface area contributed by atoms with Crippen LogP contribution in [-0.2, 0) is 6.42 Å². The lowest BCUT2D eigenvalue weighted by molar-refractivity contribution is -0.255.